The molecule has 1 fully saturated rings. The summed E-state index contributed by atoms with van der Waals surface area (Å²) in [5, 5.41) is 0. The van der Waals surface area contributed by atoms with Gasteiger partial charge < -0.3 is 19.8 Å². The molecule has 1 atom stereocenters. The van der Waals surface area contributed by atoms with Crippen LogP contribution in [0.25, 0.3) is 0 Å². The Hall–Kier alpha value is -1.07. The summed E-state index contributed by atoms with van der Waals surface area (Å²) in [5.41, 5.74) is 6.24. The maximum Gasteiger partial charge on any atom is 0.297 e. The summed E-state index contributed by atoms with van der Waals surface area (Å²) in [5.74, 6) is 0. The lowest BCUT2D eigenvalue weighted by Crippen LogP contribution is -2.28. The van der Waals surface area contributed by atoms with Crippen LogP contribution in [0, 0.1) is 0 Å². The lowest BCUT2D eigenvalue weighted by Gasteiger charge is -2.18. The third-order valence-corrected chi connectivity index (χ3v) is 2.58. The van der Waals surface area contributed by atoms with Gasteiger partial charge in [-0.15, -0.1) is 0 Å². The first-order valence-electron chi connectivity index (χ1n) is 5.27. The fraction of sp³-hybridized carbons (Fsp3) is 0.700. The smallest absolute Gasteiger partial charge is 0.297 e. The number of nitrogens with zero attached hydrogens (tertiary/aromatic N) is 2. The van der Waals surface area contributed by atoms with Crippen molar-refractivity contribution < 1.29 is 9.15 Å². The number of oxazole rings is 1. The summed E-state index contributed by atoms with van der Waals surface area (Å²) in [6.45, 7) is 2.11. The zero-order valence-corrected chi connectivity index (χ0v) is 8.98. The second-order valence-electron chi connectivity index (χ2n) is 3.84. The lowest BCUT2D eigenvalue weighted by atomic mass is 10.2. The molecule has 5 nitrogen and oxygen atoms in total. The van der Waals surface area contributed by atoms with E-state index >= 15 is 0 Å². The van der Waals surface area contributed by atoms with Gasteiger partial charge in [-0.25, -0.2) is 0 Å². The molecule has 1 aliphatic rings. The molecule has 0 amide bonds. The maximum absolute atomic E-state index is 5.54. The van der Waals surface area contributed by atoms with Crippen LogP contribution in [0.3, 0.4) is 0 Å². The first-order chi connectivity index (χ1) is 7.29. The zero-order chi connectivity index (χ0) is 10.7. The van der Waals surface area contributed by atoms with E-state index in [1.165, 1.54) is 0 Å². The summed E-state index contributed by atoms with van der Waals surface area (Å²) >= 11 is 0. The van der Waals surface area contributed by atoms with Gasteiger partial charge >= 0.3 is 0 Å². The first kappa shape index (κ1) is 10.4. The molecule has 2 rings (SSSR count). The molecule has 0 saturated carbocycles. The van der Waals surface area contributed by atoms with E-state index in [4.69, 9.17) is 14.9 Å². The fourth-order valence-electron chi connectivity index (χ4n) is 1.74. The number of rotatable bonds is 4. The van der Waals surface area contributed by atoms with Crippen LogP contribution in [0.4, 0.5) is 6.01 Å². The Kier molecular flexibility index (Phi) is 3.23. The van der Waals surface area contributed by atoms with Crippen molar-refractivity contribution in [2.75, 3.05) is 25.1 Å². The second-order valence-corrected chi connectivity index (χ2v) is 3.84. The van der Waals surface area contributed by atoms with Crippen LogP contribution in [0.2, 0.25) is 0 Å². The predicted octanol–water partition coefficient (Wildman–Crippen LogP) is 0.748. The maximum atomic E-state index is 5.54. The molecule has 0 radical (unpaired) electrons. The minimum Gasteiger partial charge on any atom is -0.432 e. The summed E-state index contributed by atoms with van der Waals surface area (Å²) in [7, 11) is 1.95. The van der Waals surface area contributed by atoms with Gasteiger partial charge in [0.25, 0.3) is 6.01 Å². The van der Waals surface area contributed by atoms with Gasteiger partial charge in [0.05, 0.1) is 11.8 Å². The molecule has 1 saturated heterocycles. The van der Waals surface area contributed by atoms with Gasteiger partial charge in [0.2, 0.25) is 0 Å². The molecule has 0 bridgehead atoms. The van der Waals surface area contributed by atoms with Crippen LogP contribution in [-0.4, -0.2) is 31.3 Å². The van der Waals surface area contributed by atoms with Crippen LogP contribution < -0.4 is 10.6 Å². The summed E-state index contributed by atoms with van der Waals surface area (Å²) in [6, 6.07) is 0.617. The summed E-state index contributed by atoms with van der Waals surface area (Å²) in [6.07, 6.45) is 4.18. The Balaban J connectivity index is 1.91. The van der Waals surface area contributed by atoms with Crippen molar-refractivity contribution in [3.05, 3.63) is 12.0 Å². The Morgan fingerprint density at radius 1 is 1.67 bits per heavy atom. The number of hydrogen-bond donors (Lipinski definition) is 1. The van der Waals surface area contributed by atoms with Gasteiger partial charge in [0.15, 0.2) is 0 Å². The molecule has 0 aliphatic carbocycles. The zero-order valence-electron chi connectivity index (χ0n) is 8.98. The highest BCUT2D eigenvalue weighted by atomic mass is 16.5. The average Bonchev–Trinajstić information content (AvgIpc) is 2.86. The standard InChI is InChI=1S/C10H17N3O2/c1-13(6-9-3-2-4-14-9)10-12-8(5-11)7-15-10/h7,9H,2-6,11H2,1H3. The minimum absolute atomic E-state index is 0.309. The normalized spacial score (nSPS) is 20.8. The van der Waals surface area contributed by atoms with Crippen LogP contribution in [-0.2, 0) is 11.3 Å². The summed E-state index contributed by atoms with van der Waals surface area (Å²) in [4.78, 5) is 6.22. The second kappa shape index (κ2) is 4.63. The molecule has 2 heterocycles. The topological polar surface area (TPSA) is 64.5 Å². The molecule has 1 aromatic rings. The first-order valence-corrected chi connectivity index (χ1v) is 5.27. The molecule has 0 spiro atoms. The Morgan fingerprint density at radius 3 is 3.13 bits per heavy atom. The van der Waals surface area contributed by atoms with Gasteiger partial charge in [-0.2, -0.15) is 4.98 Å². The van der Waals surface area contributed by atoms with Crippen molar-refractivity contribution in [2.45, 2.75) is 25.5 Å². The molecule has 0 aromatic carbocycles. The monoisotopic (exact) mass is 211 g/mol. The van der Waals surface area contributed by atoms with Crippen molar-refractivity contribution in [2.24, 2.45) is 5.73 Å². The Morgan fingerprint density at radius 2 is 2.53 bits per heavy atom. The van der Waals surface area contributed by atoms with Gasteiger partial charge in [0.1, 0.15) is 6.26 Å². The van der Waals surface area contributed by atoms with Crippen molar-refractivity contribution >= 4 is 6.01 Å². The Bertz CT molecular complexity index is 307. The van der Waals surface area contributed by atoms with E-state index in [9.17, 15) is 0 Å². The number of likely N-dealkylation sites (N-methyl/N-ethyl adjacent to an activating group) is 1. The third-order valence-electron chi connectivity index (χ3n) is 2.58. The molecule has 1 aliphatic heterocycles. The van der Waals surface area contributed by atoms with E-state index in [1.54, 1.807) is 6.26 Å². The van der Waals surface area contributed by atoms with Crippen LogP contribution in [0.1, 0.15) is 18.5 Å². The average molecular weight is 211 g/mol. The lowest BCUT2D eigenvalue weighted by molar-refractivity contribution is 0.115. The van der Waals surface area contributed by atoms with Crippen LogP contribution in [0.15, 0.2) is 10.7 Å². The molecule has 5 heteroatoms. The largest absolute Gasteiger partial charge is 0.432 e. The van der Waals surface area contributed by atoms with Crippen molar-refractivity contribution in [1.29, 1.82) is 0 Å². The number of nitrogens with two attached hydrogens (primary N) is 1. The predicted molar refractivity (Wildman–Crippen MR) is 56.6 cm³/mol. The quantitative estimate of drug-likeness (QED) is 0.796. The summed E-state index contributed by atoms with van der Waals surface area (Å²) < 4.78 is 10.8. The van der Waals surface area contributed by atoms with Crippen molar-refractivity contribution in [3.8, 4) is 0 Å². The van der Waals surface area contributed by atoms with Crippen molar-refractivity contribution in [1.82, 2.24) is 4.98 Å². The third kappa shape index (κ3) is 2.49. The van der Waals surface area contributed by atoms with E-state index in [-0.39, 0.29) is 0 Å². The van der Waals surface area contributed by atoms with Crippen LogP contribution in [0.5, 0.6) is 0 Å². The van der Waals surface area contributed by atoms with Crippen LogP contribution >= 0.6 is 0 Å². The van der Waals surface area contributed by atoms with E-state index in [2.05, 4.69) is 4.98 Å². The van der Waals surface area contributed by atoms with E-state index in [0.29, 0.717) is 18.7 Å². The van der Waals surface area contributed by atoms with Crippen molar-refractivity contribution in [3.63, 3.8) is 0 Å². The molecule has 1 unspecified atom stereocenters. The molecule has 84 valence electrons. The van der Waals surface area contributed by atoms with E-state index in [1.807, 2.05) is 11.9 Å². The van der Waals surface area contributed by atoms with Gasteiger partial charge in [-0.05, 0) is 12.8 Å². The molecule has 15 heavy (non-hydrogen) atoms. The highest BCUT2D eigenvalue weighted by molar-refractivity contribution is 5.25. The number of aromatic nitrogens is 1. The van der Waals surface area contributed by atoms with Gasteiger partial charge in [-0.1, -0.05) is 0 Å². The number of hydrogen-bond acceptors (Lipinski definition) is 5. The molecule has 2 N–H and O–H groups in total. The molecular formula is C10H17N3O2. The minimum atomic E-state index is 0.309. The number of anilines is 1. The Labute approximate surface area is 89.2 Å². The fourth-order valence-corrected chi connectivity index (χ4v) is 1.74. The van der Waals surface area contributed by atoms with Gasteiger partial charge in [-0.3, -0.25) is 0 Å². The van der Waals surface area contributed by atoms with Gasteiger partial charge in [0, 0.05) is 26.7 Å². The molecule has 1 aromatic heterocycles. The van der Waals surface area contributed by atoms with E-state index in [0.717, 1.165) is 31.7 Å². The highest BCUT2D eigenvalue weighted by Gasteiger charge is 2.19. The SMILES string of the molecule is CN(CC1CCCO1)c1nc(CN)co1. The molecular weight excluding hydrogens is 194 g/mol. The number of ether oxygens (including phenoxy) is 1. The van der Waals surface area contributed by atoms with E-state index < -0.39 is 0 Å². The highest BCUT2D eigenvalue weighted by Crippen LogP contribution is 2.17.